The van der Waals surface area contributed by atoms with E-state index >= 15 is 0 Å². The standard InChI is InChI=1S/C34H27FN4O4S/c1-19-16-24(21(3)38(19)27-11-7-8-23(17-27)33(42)43)18-28-32(41)39-30(22-12-14-25(35)15-13-22)29(20(2)36-34(39)44-28)31(40)37-26-9-5-4-6-10-26/h4-18,30H,1-3H3,(H,37,40)(H,42,43)/b28-18-/t30-/m1/s1. The lowest BCUT2D eigenvalue weighted by Crippen LogP contribution is -2.40. The van der Waals surface area contributed by atoms with Crippen LogP contribution >= 0.6 is 11.3 Å². The number of benzene rings is 3. The minimum Gasteiger partial charge on any atom is -0.478 e. The average Bonchev–Trinajstić information content (AvgIpc) is 3.46. The van der Waals surface area contributed by atoms with Crippen molar-refractivity contribution < 1.29 is 19.1 Å². The number of amides is 1. The molecule has 0 spiro atoms. The lowest BCUT2D eigenvalue weighted by molar-refractivity contribution is -0.113. The Kier molecular flexibility index (Phi) is 7.44. The molecular weight excluding hydrogens is 579 g/mol. The number of allylic oxidation sites excluding steroid dienone is 1. The number of aryl methyl sites for hydroxylation is 1. The monoisotopic (exact) mass is 606 g/mol. The van der Waals surface area contributed by atoms with Crippen LogP contribution in [0, 0.1) is 19.7 Å². The number of thiazole rings is 1. The number of carboxylic acid groups (broad SMARTS) is 1. The van der Waals surface area contributed by atoms with Crippen molar-refractivity contribution in [1.82, 2.24) is 9.13 Å². The summed E-state index contributed by atoms with van der Waals surface area (Å²) in [5.41, 5.74) is 4.92. The van der Waals surface area contributed by atoms with E-state index in [0.717, 1.165) is 17.0 Å². The van der Waals surface area contributed by atoms with Gasteiger partial charge >= 0.3 is 5.97 Å². The molecule has 6 rings (SSSR count). The van der Waals surface area contributed by atoms with E-state index in [-0.39, 0.29) is 16.7 Å². The van der Waals surface area contributed by atoms with Crippen molar-refractivity contribution >= 4 is 35.0 Å². The summed E-state index contributed by atoms with van der Waals surface area (Å²) in [5, 5.41) is 12.4. The van der Waals surface area contributed by atoms with E-state index in [4.69, 9.17) is 0 Å². The van der Waals surface area contributed by atoms with E-state index in [1.54, 1.807) is 49.4 Å². The average molecular weight is 607 g/mol. The third kappa shape index (κ3) is 5.20. The summed E-state index contributed by atoms with van der Waals surface area (Å²) in [6.07, 6.45) is 1.79. The van der Waals surface area contributed by atoms with Crippen molar-refractivity contribution in [2.45, 2.75) is 26.8 Å². The molecule has 2 N–H and O–H groups in total. The maximum Gasteiger partial charge on any atom is 0.335 e. The van der Waals surface area contributed by atoms with Crippen LogP contribution in [0.1, 0.15) is 45.8 Å². The Labute approximate surface area is 255 Å². The molecule has 3 aromatic carbocycles. The summed E-state index contributed by atoms with van der Waals surface area (Å²) in [5.74, 6) is -1.85. The van der Waals surface area contributed by atoms with Gasteiger partial charge in [-0.15, -0.1) is 0 Å². The van der Waals surface area contributed by atoms with Gasteiger partial charge in [0.05, 0.1) is 27.4 Å². The Morgan fingerprint density at radius 3 is 2.41 bits per heavy atom. The number of carbonyl (C=O) groups excluding carboxylic acids is 1. The van der Waals surface area contributed by atoms with Gasteiger partial charge in [-0.2, -0.15) is 0 Å². The number of para-hydroxylation sites is 1. The first-order valence-electron chi connectivity index (χ1n) is 13.8. The molecule has 2 aromatic heterocycles. The van der Waals surface area contributed by atoms with Crippen molar-refractivity contribution in [2.75, 3.05) is 5.32 Å². The number of carboxylic acids is 1. The van der Waals surface area contributed by atoms with Gasteiger partial charge in [0, 0.05) is 22.8 Å². The van der Waals surface area contributed by atoms with Crippen molar-refractivity contribution in [3.05, 3.63) is 150 Å². The van der Waals surface area contributed by atoms with Crippen LogP contribution in [0.25, 0.3) is 11.8 Å². The summed E-state index contributed by atoms with van der Waals surface area (Å²) in [6, 6.07) is 22.5. The molecule has 0 fully saturated rings. The van der Waals surface area contributed by atoms with Gasteiger partial charge < -0.3 is 15.0 Å². The highest BCUT2D eigenvalue weighted by Gasteiger charge is 2.32. The van der Waals surface area contributed by atoms with E-state index in [2.05, 4.69) is 10.3 Å². The molecule has 8 nitrogen and oxygen atoms in total. The molecule has 0 bridgehead atoms. The van der Waals surface area contributed by atoms with Gasteiger partial charge in [0.15, 0.2) is 4.80 Å². The Hall–Kier alpha value is -5.35. The molecule has 10 heteroatoms. The SMILES string of the molecule is CC1=C(C(=O)Nc2ccccc2)[C@@H](c2ccc(F)cc2)n2c(s/c(=C\c3cc(C)n(-c4cccc(C(=O)O)c4)c3C)c2=O)=N1. The number of anilines is 1. The summed E-state index contributed by atoms with van der Waals surface area (Å²) in [7, 11) is 0. The van der Waals surface area contributed by atoms with Gasteiger partial charge in [0.25, 0.3) is 11.5 Å². The number of nitrogens with zero attached hydrogens (tertiary/aromatic N) is 3. The molecule has 0 radical (unpaired) electrons. The predicted octanol–water partition coefficient (Wildman–Crippen LogP) is 5.12. The van der Waals surface area contributed by atoms with Gasteiger partial charge in [0.2, 0.25) is 0 Å². The molecule has 220 valence electrons. The molecule has 3 heterocycles. The smallest absolute Gasteiger partial charge is 0.335 e. The Bertz CT molecular complexity index is 2160. The van der Waals surface area contributed by atoms with E-state index < -0.39 is 23.7 Å². The molecule has 44 heavy (non-hydrogen) atoms. The molecule has 5 aromatic rings. The lowest BCUT2D eigenvalue weighted by atomic mass is 9.95. The lowest BCUT2D eigenvalue weighted by Gasteiger charge is -2.25. The number of fused-ring (bicyclic) bond motifs is 1. The Morgan fingerprint density at radius 2 is 1.70 bits per heavy atom. The number of hydrogen-bond acceptors (Lipinski definition) is 5. The first-order chi connectivity index (χ1) is 21.1. The van der Waals surface area contributed by atoms with Crippen LogP contribution in [0.5, 0.6) is 0 Å². The summed E-state index contributed by atoms with van der Waals surface area (Å²) in [4.78, 5) is 44.4. The molecule has 1 aliphatic rings. The molecule has 0 unspecified atom stereocenters. The number of hydrogen-bond donors (Lipinski definition) is 2. The van der Waals surface area contributed by atoms with Crippen molar-refractivity contribution in [1.29, 1.82) is 0 Å². The van der Waals surface area contributed by atoms with Gasteiger partial charge in [-0.1, -0.05) is 47.7 Å². The van der Waals surface area contributed by atoms with Crippen LogP contribution in [0.3, 0.4) is 0 Å². The van der Waals surface area contributed by atoms with Crippen LogP contribution < -0.4 is 20.2 Å². The highest BCUT2D eigenvalue weighted by Crippen LogP contribution is 2.31. The van der Waals surface area contributed by atoms with Gasteiger partial charge in [-0.25, -0.2) is 14.2 Å². The second-order valence-electron chi connectivity index (χ2n) is 10.5. The van der Waals surface area contributed by atoms with Crippen LogP contribution in [0.2, 0.25) is 0 Å². The highest BCUT2D eigenvalue weighted by atomic mass is 32.1. The number of rotatable bonds is 6. The van der Waals surface area contributed by atoms with E-state index in [1.165, 1.54) is 34.1 Å². The molecule has 1 amide bonds. The zero-order chi connectivity index (χ0) is 31.1. The van der Waals surface area contributed by atoms with Crippen molar-refractivity contribution in [3.63, 3.8) is 0 Å². The molecule has 0 saturated heterocycles. The van der Waals surface area contributed by atoms with Crippen LogP contribution in [0.4, 0.5) is 10.1 Å². The van der Waals surface area contributed by atoms with Gasteiger partial charge in [-0.3, -0.25) is 14.2 Å². The fourth-order valence-electron chi connectivity index (χ4n) is 5.54. The van der Waals surface area contributed by atoms with Crippen molar-refractivity contribution in [3.8, 4) is 5.69 Å². The first kappa shape index (κ1) is 28.8. The maximum atomic E-state index is 14.1. The van der Waals surface area contributed by atoms with Gasteiger partial charge in [0.1, 0.15) is 5.82 Å². The van der Waals surface area contributed by atoms with E-state index in [0.29, 0.717) is 32.0 Å². The molecule has 1 atom stereocenters. The van der Waals surface area contributed by atoms with E-state index in [1.807, 2.05) is 48.7 Å². The van der Waals surface area contributed by atoms with E-state index in [9.17, 15) is 23.9 Å². The minimum atomic E-state index is -1.02. The number of aromatic nitrogens is 2. The van der Waals surface area contributed by atoms with Crippen LogP contribution in [-0.4, -0.2) is 26.1 Å². The molecule has 0 saturated carbocycles. The van der Waals surface area contributed by atoms with Crippen molar-refractivity contribution in [2.24, 2.45) is 4.99 Å². The zero-order valence-corrected chi connectivity index (χ0v) is 24.9. The summed E-state index contributed by atoms with van der Waals surface area (Å²) >= 11 is 1.21. The number of halogens is 1. The largest absolute Gasteiger partial charge is 0.478 e. The van der Waals surface area contributed by atoms with Gasteiger partial charge in [-0.05, 0) is 86.5 Å². The number of carbonyl (C=O) groups is 2. The molecule has 1 aliphatic heterocycles. The number of nitrogens with one attached hydrogen (secondary N) is 1. The van der Waals surface area contributed by atoms with Crippen LogP contribution in [0.15, 0.2) is 106 Å². The third-order valence-corrected chi connectivity index (χ3v) is 8.57. The fourth-order valence-corrected chi connectivity index (χ4v) is 6.58. The normalized spacial score (nSPS) is 14.7. The molecule has 0 aliphatic carbocycles. The second kappa shape index (κ2) is 11.4. The number of aromatic carboxylic acids is 1. The summed E-state index contributed by atoms with van der Waals surface area (Å²) in [6.45, 7) is 5.54. The zero-order valence-electron chi connectivity index (χ0n) is 24.0. The molecular formula is C34H27FN4O4S. The Morgan fingerprint density at radius 1 is 0.977 bits per heavy atom. The Balaban J connectivity index is 1.48. The fraction of sp³-hybridized carbons (Fsp3) is 0.118. The first-order valence-corrected chi connectivity index (χ1v) is 14.6. The predicted molar refractivity (Wildman–Crippen MR) is 167 cm³/mol. The minimum absolute atomic E-state index is 0.174. The quantitative estimate of drug-likeness (QED) is 0.280. The van der Waals surface area contributed by atoms with Crippen LogP contribution in [-0.2, 0) is 4.79 Å². The highest BCUT2D eigenvalue weighted by molar-refractivity contribution is 7.07. The maximum absolute atomic E-state index is 14.1. The third-order valence-electron chi connectivity index (χ3n) is 7.59. The summed E-state index contributed by atoms with van der Waals surface area (Å²) < 4.78 is 17.8. The topological polar surface area (TPSA) is 106 Å². The second-order valence-corrected chi connectivity index (χ2v) is 11.5.